The molecule has 0 N–H and O–H groups in total. The molecule has 0 amide bonds. The second-order valence-electron chi connectivity index (χ2n) is 7.98. The molecule has 25 heavy (non-hydrogen) atoms. The molecule has 0 aromatic rings. The van der Waals surface area contributed by atoms with Crippen molar-refractivity contribution in [2.24, 2.45) is 0 Å². The minimum absolute atomic E-state index is 1.35. The molecule has 152 valence electrons. The van der Waals surface area contributed by atoms with Gasteiger partial charge in [0.25, 0.3) is 0 Å². The van der Waals surface area contributed by atoms with Crippen LogP contribution in [0.3, 0.4) is 0 Å². The summed E-state index contributed by atoms with van der Waals surface area (Å²) in [6.07, 6.45) is 29.3. The average Bonchev–Trinajstić information content (AvgIpc) is 2.63. The molecule has 0 saturated carbocycles. The summed E-state index contributed by atoms with van der Waals surface area (Å²) < 4.78 is 0. The summed E-state index contributed by atoms with van der Waals surface area (Å²) >= 11 is 2.17. The average molecular weight is 371 g/mol. The summed E-state index contributed by atoms with van der Waals surface area (Å²) in [5.74, 6) is 2.79. The van der Waals surface area contributed by atoms with Crippen molar-refractivity contribution in [1.29, 1.82) is 0 Å². The first kappa shape index (κ1) is 25.4. The summed E-state index contributed by atoms with van der Waals surface area (Å²) in [4.78, 5) is 0. The molecule has 1 heteroatoms. The summed E-state index contributed by atoms with van der Waals surface area (Å²) in [7, 11) is 0. The zero-order chi connectivity index (χ0) is 18.3. The van der Waals surface area contributed by atoms with Crippen LogP contribution in [0.2, 0.25) is 0 Å². The Kier molecular flexibility index (Phi) is 24.7. The summed E-state index contributed by atoms with van der Waals surface area (Å²) in [6, 6.07) is 0. The van der Waals surface area contributed by atoms with Gasteiger partial charge in [-0.3, -0.25) is 0 Å². The SMILES string of the molecule is CCCCCCCCCCCCCCCCCCCCSCCCC. The molecule has 0 aliphatic heterocycles. The lowest BCUT2D eigenvalue weighted by molar-refractivity contribution is 0.526. The van der Waals surface area contributed by atoms with E-state index >= 15 is 0 Å². The van der Waals surface area contributed by atoms with E-state index in [1.807, 2.05) is 0 Å². The van der Waals surface area contributed by atoms with Gasteiger partial charge in [0.15, 0.2) is 0 Å². The summed E-state index contributed by atoms with van der Waals surface area (Å²) in [5, 5.41) is 0. The lowest BCUT2D eigenvalue weighted by atomic mass is 10.0. The highest BCUT2D eigenvalue weighted by Gasteiger charge is 1.95. The molecule has 0 saturated heterocycles. The highest BCUT2D eigenvalue weighted by Crippen LogP contribution is 2.15. The minimum atomic E-state index is 1.35. The van der Waals surface area contributed by atoms with E-state index in [1.165, 1.54) is 140 Å². The first-order chi connectivity index (χ1) is 12.4. The fourth-order valence-corrected chi connectivity index (χ4v) is 4.56. The van der Waals surface area contributed by atoms with Crippen LogP contribution >= 0.6 is 11.8 Å². The van der Waals surface area contributed by atoms with Crippen molar-refractivity contribution in [3.63, 3.8) is 0 Å². The third-order valence-electron chi connectivity index (χ3n) is 5.28. The predicted molar refractivity (Wildman–Crippen MR) is 121 cm³/mol. The highest BCUT2D eigenvalue weighted by molar-refractivity contribution is 7.99. The van der Waals surface area contributed by atoms with E-state index in [4.69, 9.17) is 0 Å². The van der Waals surface area contributed by atoms with E-state index < -0.39 is 0 Å². The van der Waals surface area contributed by atoms with Crippen LogP contribution in [0.4, 0.5) is 0 Å². The van der Waals surface area contributed by atoms with Crippen molar-refractivity contribution >= 4 is 11.8 Å². The summed E-state index contributed by atoms with van der Waals surface area (Å²) in [5.41, 5.74) is 0. The van der Waals surface area contributed by atoms with E-state index in [2.05, 4.69) is 25.6 Å². The van der Waals surface area contributed by atoms with Gasteiger partial charge in [-0.25, -0.2) is 0 Å². The normalized spacial score (nSPS) is 11.3. The second-order valence-corrected chi connectivity index (χ2v) is 9.20. The molecule has 0 aromatic heterocycles. The van der Waals surface area contributed by atoms with Gasteiger partial charge in [-0.1, -0.05) is 129 Å². The van der Waals surface area contributed by atoms with Gasteiger partial charge in [-0.05, 0) is 24.3 Å². The molecule has 0 aromatic carbocycles. The molecule has 0 radical (unpaired) electrons. The van der Waals surface area contributed by atoms with Gasteiger partial charge in [-0.15, -0.1) is 0 Å². The van der Waals surface area contributed by atoms with Gasteiger partial charge >= 0.3 is 0 Å². The molecule has 0 heterocycles. The first-order valence-corrected chi connectivity index (χ1v) is 13.1. The highest BCUT2D eigenvalue weighted by atomic mass is 32.2. The number of rotatable bonds is 22. The van der Waals surface area contributed by atoms with Crippen LogP contribution in [-0.2, 0) is 0 Å². The molecule has 0 bridgehead atoms. The van der Waals surface area contributed by atoms with Gasteiger partial charge in [0, 0.05) is 0 Å². The standard InChI is InChI=1S/C24H50S/c1-3-5-7-8-9-10-11-12-13-14-15-16-17-18-19-20-21-22-24-25-23-6-4-2/h3-24H2,1-2H3. The molecule has 0 nitrogen and oxygen atoms in total. The monoisotopic (exact) mass is 370 g/mol. The maximum atomic E-state index is 2.30. The van der Waals surface area contributed by atoms with Crippen molar-refractivity contribution in [3.8, 4) is 0 Å². The molecular weight excluding hydrogens is 320 g/mol. The van der Waals surface area contributed by atoms with Crippen molar-refractivity contribution in [2.75, 3.05) is 11.5 Å². The topological polar surface area (TPSA) is 0 Å². The van der Waals surface area contributed by atoms with Gasteiger partial charge in [-0.2, -0.15) is 11.8 Å². The molecule has 0 fully saturated rings. The Bertz CT molecular complexity index is 192. The van der Waals surface area contributed by atoms with Gasteiger partial charge in [0.1, 0.15) is 0 Å². The van der Waals surface area contributed by atoms with E-state index in [9.17, 15) is 0 Å². The first-order valence-electron chi connectivity index (χ1n) is 12.0. The third kappa shape index (κ3) is 24.4. The third-order valence-corrected chi connectivity index (χ3v) is 6.44. The van der Waals surface area contributed by atoms with Crippen molar-refractivity contribution in [2.45, 2.75) is 142 Å². The van der Waals surface area contributed by atoms with E-state index in [0.717, 1.165) is 0 Å². The molecule has 0 aliphatic rings. The Morgan fingerprint density at radius 2 is 0.600 bits per heavy atom. The van der Waals surface area contributed by atoms with Crippen LogP contribution in [0.15, 0.2) is 0 Å². The Hall–Kier alpha value is 0.350. The number of unbranched alkanes of at least 4 members (excludes halogenated alkanes) is 18. The Morgan fingerprint density at radius 3 is 0.960 bits per heavy atom. The van der Waals surface area contributed by atoms with Crippen LogP contribution in [0.1, 0.15) is 142 Å². The molecular formula is C24H50S. The molecule has 0 atom stereocenters. The predicted octanol–water partition coefficient (Wildman–Crippen LogP) is 9.56. The van der Waals surface area contributed by atoms with Crippen LogP contribution in [-0.4, -0.2) is 11.5 Å². The minimum Gasteiger partial charge on any atom is -0.162 e. The fraction of sp³-hybridized carbons (Fsp3) is 1.00. The molecule has 0 rings (SSSR count). The quantitative estimate of drug-likeness (QED) is 0.171. The molecule has 0 unspecified atom stereocenters. The largest absolute Gasteiger partial charge is 0.162 e. The van der Waals surface area contributed by atoms with Gasteiger partial charge < -0.3 is 0 Å². The van der Waals surface area contributed by atoms with Gasteiger partial charge in [0.05, 0.1) is 0 Å². The van der Waals surface area contributed by atoms with Crippen molar-refractivity contribution < 1.29 is 0 Å². The zero-order valence-corrected chi connectivity index (χ0v) is 18.8. The number of thioether (sulfide) groups is 1. The van der Waals surface area contributed by atoms with E-state index in [1.54, 1.807) is 0 Å². The number of hydrogen-bond donors (Lipinski definition) is 0. The number of hydrogen-bond acceptors (Lipinski definition) is 1. The van der Waals surface area contributed by atoms with Crippen molar-refractivity contribution in [3.05, 3.63) is 0 Å². The zero-order valence-electron chi connectivity index (χ0n) is 18.0. The van der Waals surface area contributed by atoms with Gasteiger partial charge in [0.2, 0.25) is 0 Å². The van der Waals surface area contributed by atoms with Crippen molar-refractivity contribution in [1.82, 2.24) is 0 Å². The fourth-order valence-electron chi connectivity index (χ4n) is 3.45. The Balaban J connectivity index is 2.94. The maximum absolute atomic E-state index is 2.30. The Labute approximate surface area is 165 Å². The lowest BCUT2D eigenvalue weighted by Crippen LogP contribution is -1.86. The molecule has 0 spiro atoms. The van der Waals surface area contributed by atoms with E-state index in [-0.39, 0.29) is 0 Å². The van der Waals surface area contributed by atoms with Crippen LogP contribution in [0.25, 0.3) is 0 Å². The van der Waals surface area contributed by atoms with Crippen LogP contribution in [0.5, 0.6) is 0 Å². The smallest absolute Gasteiger partial charge is 0.00675 e. The van der Waals surface area contributed by atoms with Crippen LogP contribution in [0, 0.1) is 0 Å². The lowest BCUT2D eigenvalue weighted by Gasteiger charge is -2.04. The van der Waals surface area contributed by atoms with Crippen LogP contribution < -0.4 is 0 Å². The van der Waals surface area contributed by atoms with E-state index in [0.29, 0.717) is 0 Å². The second kappa shape index (κ2) is 24.4. The molecule has 0 aliphatic carbocycles. The summed E-state index contributed by atoms with van der Waals surface area (Å²) in [6.45, 7) is 4.59. The Morgan fingerprint density at radius 1 is 0.320 bits per heavy atom. The maximum Gasteiger partial charge on any atom is -0.00675 e.